The summed E-state index contributed by atoms with van der Waals surface area (Å²) in [5.41, 5.74) is 2.23. The smallest absolute Gasteiger partial charge is 0.148 e. The quantitative estimate of drug-likeness (QED) is 0.673. The van der Waals surface area contributed by atoms with Gasteiger partial charge in [-0.1, -0.05) is 31.2 Å². The Hall–Kier alpha value is -1.32. The van der Waals surface area contributed by atoms with Crippen molar-refractivity contribution in [2.75, 3.05) is 13.1 Å². The molecule has 0 atom stereocenters. The van der Waals surface area contributed by atoms with Gasteiger partial charge in [0.1, 0.15) is 5.58 Å². The van der Waals surface area contributed by atoms with Crippen LogP contribution in [0, 0.1) is 0 Å². The van der Waals surface area contributed by atoms with E-state index in [1.807, 2.05) is 6.26 Å². The van der Waals surface area contributed by atoms with Gasteiger partial charge in [-0.05, 0) is 64.3 Å². The number of benzene rings is 2. The van der Waals surface area contributed by atoms with E-state index in [1.165, 1.54) is 28.1 Å². The Morgan fingerprint density at radius 1 is 1.15 bits per heavy atom. The van der Waals surface area contributed by atoms with E-state index in [2.05, 4.69) is 58.5 Å². The van der Waals surface area contributed by atoms with Crippen molar-refractivity contribution in [2.24, 2.45) is 0 Å². The number of hydrogen-bond donors (Lipinski definition) is 1. The third-order valence-electron chi connectivity index (χ3n) is 3.60. The molecule has 2 nitrogen and oxygen atoms in total. The molecule has 0 spiro atoms. The zero-order chi connectivity index (χ0) is 13.9. The molecule has 104 valence electrons. The van der Waals surface area contributed by atoms with Gasteiger partial charge in [0.25, 0.3) is 0 Å². The van der Waals surface area contributed by atoms with Crippen LogP contribution in [0.25, 0.3) is 21.7 Å². The minimum absolute atomic E-state index is 0.953. The van der Waals surface area contributed by atoms with Crippen molar-refractivity contribution in [3.8, 4) is 0 Å². The Bertz CT molecular complexity index is 732. The Morgan fingerprint density at radius 2 is 2.00 bits per heavy atom. The second-order valence-corrected chi connectivity index (χ2v) is 5.84. The molecule has 0 fully saturated rings. The predicted molar refractivity (Wildman–Crippen MR) is 88.3 cm³/mol. The highest BCUT2D eigenvalue weighted by molar-refractivity contribution is 9.10. The molecule has 0 aliphatic rings. The molecule has 1 aromatic heterocycles. The summed E-state index contributed by atoms with van der Waals surface area (Å²) in [6.45, 7) is 4.25. The first kappa shape index (κ1) is 13.7. The molecule has 0 saturated heterocycles. The molecule has 0 aliphatic heterocycles. The molecule has 0 aliphatic carbocycles. The number of rotatable bonds is 5. The first-order valence-electron chi connectivity index (χ1n) is 7.09. The molecule has 0 bridgehead atoms. The van der Waals surface area contributed by atoms with Crippen molar-refractivity contribution >= 4 is 37.7 Å². The molecule has 1 N–H and O–H groups in total. The van der Waals surface area contributed by atoms with Crippen molar-refractivity contribution in [3.63, 3.8) is 0 Å². The lowest BCUT2D eigenvalue weighted by Crippen LogP contribution is -2.17. The van der Waals surface area contributed by atoms with E-state index in [0.29, 0.717) is 0 Å². The predicted octanol–water partition coefficient (Wildman–Crippen LogP) is 4.89. The Kier molecular flexibility index (Phi) is 4.08. The lowest BCUT2D eigenvalue weighted by Gasteiger charge is -2.04. The van der Waals surface area contributed by atoms with Gasteiger partial charge in [-0.25, -0.2) is 0 Å². The van der Waals surface area contributed by atoms with Gasteiger partial charge in [0, 0.05) is 5.39 Å². The third kappa shape index (κ3) is 2.48. The molecular weight excluding hydrogens is 314 g/mol. The van der Waals surface area contributed by atoms with Gasteiger partial charge in [-0.3, -0.25) is 0 Å². The first-order valence-corrected chi connectivity index (χ1v) is 7.88. The lowest BCUT2D eigenvalue weighted by molar-refractivity contribution is 0.604. The zero-order valence-electron chi connectivity index (χ0n) is 11.6. The summed E-state index contributed by atoms with van der Waals surface area (Å²) >= 11 is 3.68. The van der Waals surface area contributed by atoms with E-state index in [9.17, 15) is 0 Å². The van der Waals surface area contributed by atoms with Crippen LogP contribution < -0.4 is 5.32 Å². The van der Waals surface area contributed by atoms with Crippen LogP contribution >= 0.6 is 15.9 Å². The van der Waals surface area contributed by atoms with Crippen molar-refractivity contribution in [3.05, 3.63) is 46.6 Å². The normalized spacial score (nSPS) is 11.5. The SMILES string of the molecule is CCCNCCc1coc2c(Br)c3ccccc3cc12. The number of halogens is 1. The van der Waals surface area contributed by atoms with Crippen molar-refractivity contribution in [2.45, 2.75) is 19.8 Å². The lowest BCUT2D eigenvalue weighted by atomic mass is 10.0. The monoisotopic (exact) mass is 331 g/mol. The van der Waals surface area contributed by atoms with Gasteiger partial charge in [0.05, 0.1) is 10.7 Å². The van der Waals surface area contributed by atoms with E-state index in [-0.39, 0.29) is 0 Å². The minimum atomic E-state index is 0.953. The molecule has 3 heteroatoms. The van der Waals surface area contributed by atoms with Gasteiger partial charge in [0.2, 0.25) is 0 Å². The molecule has 0 radical (unpaired) electrons. The van der Waals surface area contributed by atoms with Gasteiger partial charge in [-0.15, -0.1) is 0 Å². The number of fused-ring (bicyclic) bond motifs is 2. The maximum absolute atomic E-state index is 5.77. The van der Waals surface area contributed by atoms with Crippen LogP contribution in [-0.4, -0.2) is 13.1 Å². The largest absolute Gasteiger partial charge is 0.463 e. The maximum atomic E-state index is 5.77. The Labute approximate surface area is 127 Å². The van der Waals surface area contributed by atoms with Crippen LogP contribution in [0.3, 0.4) is 0 Å². The molecule has 1 heterocycles. The van der Waals surface area contributed by atoms with E-state index < -0.39 is 0 Å². The van der Waals surface area contributed by atoms with Crippen LogP contribution in [0.5, 0.6) is 0 Å². The van der Waals surface area contributed by atoms with Gasteiger partial charge < -0.3 is 9.73 Å². The third-order valence-corrected chi connectivity index (χ3v) is 4.39. The summed E-state index contributed by atoms with van der Waals surface area (Å²) < 4.78 is 6.82. The fraction of sp³-hybridized carbons (Fsp3) is 0.294. The standard InChI is InChI=1S/C17H18BrNO/c1-2-8-19-9-7-13-11-20-17-15(13)10-12-5-3-4-6-14(12)16(17)18/h3-6,10-11,19H,2,7-9H2,1H3. The molecule has 20 heavy (non-hydrogen) atoms. The van der Waals surface area contributed by atoms with Crippen LogP contribution in [0.15, 0.2) is 45.5 Å². The average Bonchev–Trinajstić information content (AvgIpc) is 2.87. The van der Waals surface area contributed by atoms with E-state index in [4.69, 9.17) is 4.42 Å². The molecule has 0 unspecified atom stereocenters. The molecule has 3 rings (SSSR count). The molecule has 0 amide bonds. The second kappa shape index (κ2) is 5.98. The van der Waals surface area contributed by atoms with Gasteiger partial charge in [0.15, 0.2) is 0 Å². The van der Waals surface area contributed by atoms with Crippen LogP contribution in [-0.2, 0) is 6.42 Å². The second-order valence-electron chi connectivity index (χ2n) is 5.05. The van der Waals surface area contributed by atoms with Crippen molar-refractivity contribution < 1.29 is 4.42 Å². The maximum Gasteiger partial charge on any atom is 0.148 e. The number of nitrogens with one attached hydrogen (secondary N) is 1. The van der Waals surface area contributed by atoms with Crippen molar-refractivity contribution in [1.82, 2.24) is 5.32 Å². The van der Waals surface area contributed by atoms with Gasteiger partial charge >= 0.3 is 0 Å². The highest BCUT2D eigenvalue weighted by Gasteiger charge is 2.12. The molecule has 0 saturated carbocycles. The van der Waals surface area contributed by atoms with E-state index >= 15 is 0 Å². The number of hydrogen-bond acceptors (Lipinski definition) is 2. The molecular formula is C17H18BrNO. The van der Waals surface area contributed by atoms with Gasteiger partial charge in [-0.2, -0.15) is 0 Å². The number of furan rings is 1. The molecule has 2 aromatic carbocycles. The van der Waals surface area contributed by atoms with Crippen LogP contribution in [0.1, 0.15) is 18.9 Å². The summed E-state index contributed by atoms with van der Waals surface area (Å²) in [5.74, 6) is 0. The van der Waals surface area contributed by atoms with Crippen LogP contribution in [0.4, 0.5) is 0 Å². The van der Waals surface area contributed by atoms with E-state index in [0.717, 1.165) is 29.6 Å². The van der Waals surface area contributed by atoms with E-state index in [1.54, 1.807) is 0 Å². The highest BCUT2D eigenvalue weighted by Crippen LogP contribution is 2.35. The summed E-state index contributed by atoms with van der Waals surface area (Å²) in [6.07, 6.45) is 4.06. The van der Waals surface area contributed by atoms with Crippen LogP contribution in [0.2, 0.25) is 0 Å². The zero-order valence-corrected chi connectivity index (χ0v) is 13.2. The Morgan fingerprint density at radius 3 is 2.85 bits per heavy atom. The summed E-state index contributed by atoms with van der Waals surface area (Å²) in [6, 6.07) is 10.6. The minimum Gasteiger partial charge on any atom is -0.463 e. The average molecular weight is 332 g/mol. The summed E-state index contributed by atoms with van der Waals surface area (Å²) in [4.78, 5) is 0. The highest BCUT2D eigenvalue weighted by atomic mass is 79.9. The first-order chi connectivity index (χ1) is 9.81. The summed E-state index contributed by atoms with van der Waals surface area (Å²) in [7, 11) is 0. The fourth-order valence-corrected chi connectivity index (χ4v) is 3.22. The van der Waals surface area contributed by atoms with Crippen molar-refractivity contribution in [1.29, 1.82) is 0 Å². The fourth-order valence-electron chi connectivity index (χ4n) is 2.55. The topological polar surface area (TPSA) is 25.2 Å². The summed E-state index contributed by atoms with van der Waals surface area (Å²) in [5, 5.41) is 7.10. The Balaban J connectivity index is 1.99. The molecule has 3 aromatic rings.